The first kappa shape index (κ1) is 13.4. The molecule has 0 saturated heterocycles. The van der Waals surface area contributed by atoms with Crippen molar-refractivity contribution in [1.82, 2.24) is 4.57 Å². The smallest absolute Gasteiger partial charge is 0.318 e. The molecule has 0 saturated carbocycles. The van der Waals surface area contributed by atoms with Gasteiger partial charge >= 0.3 is 6.18 Å². The van der Waals surface area contributed by atoms with Crippen LogP contribution in [0.15, 0.2) is 41.3 Å². The van der Waals surface area contributed by atoms with E-state index < -0.39 is 11.7 Å². The van der Waals surface area contributed by atoms with Crippen molar-refractivity contribution in [2.24, 2.45) is 7.05 Å². The average molecular weight is 267 g/mol. The summed E-state index contributed by atoms with van der Waals surface area (Å²) in [5.41, 5.74) is 0.292. The summed E-state index contributed by atoms with van der Waals surface area (Å²) in [5.74, 6) is 0. The number of benzene rings is 1. The summed E-state index contributed by atoms with van der Waals surface area (Å²) in [4.78, 5) is 12.0. The highest BCUT2D eigenvalue weighted by atomic mass is 19.4. The van der Waals surface area contributed by atoms with Crippen molar-refractivity contribution in [2.45, 2.75) is 13.1 Å². The van der Waals surface area contributed by atoms with E-state index in [-0.39, 0.29) is 16.7 Å². The zero-order chi connectivity index (χ0) is 14.2. The molecule has 0 atom stereocenters. The molecule has 2 aromatic rings. The maximum atomic E-state index is 12.7. The van der Waals surface area contributed by atoms with Gasteiger partial charge in [0.15, 0.2) is 0 Å². The van der Waals surface area contributed by atoms with Crippen molar-refractivity contribution in [3.05, 3.63) is 58.0 Å². The van der Waals surface area contributed by atoms with Crippen LogP contribution in [-0.2, 0) is 13.2 Å². The molecule has 100 valence electrons. The Morgan fingerprint density at radius 2 is 1.84 bits per heavy atom. The van der Waals surface area contributed by atoms with Crippen LogP contribution in [0.2, 0.25) is 0 Å². The van der Waals surface area contributed by atoms with E-state index >= 15 is 0 Å². The minimum Gasteiger partial charge on any atom is -0.318 e. The van der Waals surface area contributed by atoms with Crippen LogP contribution < -0.4 is 5.56 Å². The molecule has 2 rings (SSSR count). The third kappa shape index (κ3) is 2.70. The number of rotatable bonds is 1. The number of halogens is 3. The molecule has 1 aromatic heterocycles. The Kier molecular flexibility index (Phi) is 3.22. The second-order valence-electron chi connectivity index (χ2n) is 4.43. The van der Waals surface area contributed by atoms with Crippen LogP contribution in [0.25, 0.3) is 11.1 Å². The van der Waals surface area contributed by atoms with Gasteiger partial charge in [0, 0.05) is 18.8 Å². The fourth-order valence-corrected chi connectivity index (χ4v) is 1.95. The lowest BCUT2D eigenvalue weighted by Crippen LogP contribution is -2.18. The van der Waals surface area contributed by atoms with Crippen LogP contribution in [0.3, 0.4) is 0 Å². The third-order valence-electron chi connectivity index (χ3n) is 2.82. The summed E-state index contributed by atoms with van der Waals surface area (Å²) >= 11 is 0. The van der Waals surface area contributed by atoms with E-state index in [0.29, 0.717) is 0 Å². The van der Waals surface area contributed by atoms with Gasteiger partial charge in [-0.25, -0.2) is 0 Å². The van der Waals surface area contributed by atoms with E-state index in [2.05, 4.69) is 0 Å². The van der Waals surface area contributed by atoms with Gasteiger partial charge in [-0.3, -0.25) is 4.79 Å². The van der Waals surface area contributed by atoms with Gasteiger partial charge < -0.3 is 4.57 Å². The molecule has 2 nitrogen and oxygen atoms in total. The van der Waals surface area contributed by atoms with Crippen molar-refractivity contribution in [3.63, 3.8) is 0 Å². The van der Waals surface area contributed by atoms with Crippen LogP contribution in [0.1, 0.15) is 11.1 Å². The molecule has 0 aliphatic heterocycles. The summed E-state index contributed by atoms with van der Waals surface area (Å²) in [6.07, 6.45) is -2.77. The van der Waals surface area contributed by atoms with Gasteiger partial charge in [0.2, 0.25) is 0 Å². The first-order chi connectivity index (χ1) is 8.79. The van der Waals surface area contributed by atoms with E-state index in [9.17, 15) is 18.0 Å². The SMILES string of the molecule is Cc1cc(-c2cccc(C(F)(F)F)c2)c(=O)n(C)c1. The molecule has 0 radical (unpaired) electrons. The molecule has 0 aliphatic carbocycles. The lowest BCUT2D eigenvalue weighted by atomic mass is 10.0. The molecule has 1 aromatic carbocycles. The largest absolute Gasteiger partial charge is 0.416 e. The number of aryl methyl sites for hydroxylation is 2. The Hall–Kier alpha value is -2.04. The van der Waals surface area contributed by atoms with E-state index in [1.165, 1.54) is 16.7 Å². The number of alkyl halides is 3. The molecule has 0 unspecified atom stereocenters. The summed E-state index contributed by atoms with van der Waals surface area (Å²) in [7, 11) is 1.58. The molecular formula is C14H12F3NO. The Morgan fingerprint density at radius 1 is 1.16 bits per heavy atom. The Morgan fingerprint density at radius 3 is 2.47 bits per heavy atom. The minimum atomic E-state index is -4.41. The lowest BCUT2D eigenvalue weighted by Gasteiger charge is -2.10. The van der Waals surface area contributed by atoms with Crippen molar-refractivity contribution in [1.29, 1.82) is 0 Å². The molecule has 5 heteroatoms. The van der Waals surface area contributed by atoms with Crippen molar-refractivity contribution >= 4 is 0 Å². The van der Waals surface area contributed by atoms with Gasteiger partial charge in [0.05, 0.1) is 5.56 Å². The number of aromatic nitrogens is 1. The van der Waals surface area contributed by atoms with Gasteiger partial charge in [0.1, 0.15) is 0 Å². The molecule has 19 heavy (non-hydrogen) atoms. The van der Waals surface area contributed by atoms with E-state index in [0.717, 1.165) is 17.7 Å². The molecule has 0 aliphatic rings. The van der Waals surface area contributed by atoms with Gasteiger partial charge in [-0.05, 0) is 36.2 Å². The van der Waals surface area contributed by atoms with Gasteiger partial charge in [-0.2, -0.15) is 13.2 Å². The molecule has 0 fully saturated rings. The zero-order valence-corrected chi connectivity index (χ0v) is 10.5. The Balaban J connectivity index is 2.64. The molecule has 0 amide bonds. The minimum absolute atomic E-state index is 0.272. The van der Waals surface area contributed by atoms with Gasteiger partial charge in [-0.15, -0.1) is 0 Å². The van der Waals surface area contributed by atoms with Gasteiger partial charge in [-0.1, -0.05) is 12.1 Å². The summed E-state index contributed by atoms with van der Waals surface area (Å²) in [6.45, 7) is 1.79. The summed E-state index contributed by atoms with van der Waals surface area (Å²) in [5, 5.41) is 0. The number of hydrogen-bond acceptors (Lipinski definition) is 1. The summed E-state index contributed by atoms with van der Waals surface area (Å²) in [6, 6.07) is 6.39. The Labute approximate surface area is 108 Å². The standard InChI is InChI=1S/C14H12F3NO/c1-9-6-12(13(19)18(2)8-9)10-4-3-5-11(7-10)14(15,16)17/h3-8H,1-2H3. The second-order valence-corrected chi connectivity index (χ2v) is 4.43. The molecular weight excluding hydrogens is 255 g/mol. The topological polar surface area (TPSA) is 22.0 Å². The fourth-order valence-electron chi connectivity index (χ4n) is 1.95. The van der Waals surface area contributed by atoms with Crippen LogP contribution >= 0.6 is 0 Å². The first-order valence-corrected chi connectivity index (χ1v) is 5.64. The third-order valence-corrected chi connectivity index (χ3v) is 2.82. The Bertz CT molecular complexity index is 671. The van der Waals surface area contributed by atoms with Crippen molar-refractivity contribution in [3.8, 4) is 11.1 Å². The van der Waals surface area contributed by atoms with E-state index in [1.807, 2.05) is 0 Å². The van der Waals surface area contributed by atoms with Gasteiger partial charge in [0.25, 0.3) is 5.56 Å². The quantitative estimate of drug-likeness (QED) is 0.776. The lowest BCUT2D eigenvalue weighted by molar-refractivity contribution is -0.137. The zero-order valence-electron chi connectivity index (χ0n) is 10.5. The predicted octanol–water partition coefficient (Wildman–Crippen LogP) is 3.38. The fraction of sp³-hybridized carbons (Fsp3) is 0.214. The summed E-state index contributed by atoms with van der Waals surface area (Å²) < 4.78 is 39.3. The number of pyridine rings is 1. The van der Waals surface area contributed by atoms with Crippen LogP contribution in [0.5, 0.6) is 0 Å². The first-order valence-electron chi connectivity index (χ1n) is 5.64. The monoisotopic (exact) mass is 267 g/mol. The van der Waals surface area contributed by atoms with Crippen molar-refractivity contribution < 1.29 is 13.2 Å². The van der Waals surface area contributed by atoms with Crippen LogP contribution in [-0.4, -0.2) is 4.57 Å². The molecule has 0 spiro atoms. The second kappa shape index (κ2) is 4.57. The van der Waals surface area contributed by atoms with Crippen molar-refractivity contribution in [2.75, 3.05) is 0 Å². The van der Waals surface area contributed by atoms with E-state index in [4.69, 9.17) is 0 Å². The normalized spacial score (nSPS) is 11.6. The number of nitrogens with zero attached hydrogens (tertiary/aromatic N) is 1. The predicted molar refractivity (Wildman–Crippen MR) is 66.9 cm³/mol. The highest BCUT2D eigenvalue weighted by molar-refractivity contribution is 5.64. The average Bonchev–Trinajstić information content (AvgIpc) is 2.33. The van der Waals surface area contributed by atoms with E-state index in [1.54, 1.807) is 26.2 Å². The maximum Gasteiger partial charge on any atom is 0.416 e. The molecule has 1 heterocycles. The van der Waals surface area contributed by atoms with Crippen LogP contribution in [0.4, 0.5) is 13.2 Å². The maximum absolute atomic E-state index is 12.7. The number of hydrogen-bond donors (Lipinski definition) is 0. The highest BCUT2D eigenvalue weighted by Crippen LogP contribution is 2.31. The molecule has 0 bridgehead atoms. The molecule has 0 N–H and O–H groups in total. The van der Waals surface area contributed by atoms with Crippen LogP contribution in [0, 0.1) is 6.92 Å². The highest BCUT2D eigenvalue weighted by Gasteiger charge is 2.30.